The van der Waals surface area contributed by atoms with Crippen LogP contribution in [0.3, 0.4) is 0 Å². The molecule has 0 aromatic heterocycles. The molecule has 10 heteroatoms. The monoisotopic (exact) mass is 392 g/mol. The lowest BCUT2D eigenvalue weighted by Crippen LogP contribution is -2.17. The molecule has 0 rings (SSSR count). The maximum Gasteiger partial charge on any atom is 0.100 e. The summed E-state index contributed by atoms with van der Waals surface area (Å²) in [7, 11) is 2.94. The van der Waals surface area contributed by atoms with Gasteiger partial charge in [-0.2, -0.15) is 0 Å². The van der Waals surface area contributed by atoms with Crippen molar-refractivity contribution in [1.82, 2.24) is 0 Å². The molecule has 0 saturated heterocycles. The van der Waals surface area contributed by atoms with Crippen molar-refractivity contribution in [3.8, 4) is 0 Å². The zero-order valence-electron chi connectivity index (χ0n) is 16.4. The summed E-state index contributed by atoms with van der Waals surface area (Å²) in [6.07, 6.45) is -1.18. The van der Waals surface area contributed by atoms with E-state index in [1.54, 1.807) is 0 Å². The summed E-state index contributed by atoms with van der Waals surface area (Å²) in [6, 6.07) is 0. The van der Waals surface area contributed by atoms with E-state index in [0.717, 1.165) is 0 Å². The van der Waals surface area contributed by atoms with Crippen molar-refractivity contribution in [2.45, 2.75) is 51.1 Å². The van der Waals surface area contributed by atoms with Crippen molar-refractivity contribution >= 4 is 0 Å². The van der Waals surface area contributed by atoms with Gasteiger partial charge in [0.25, 0.3) is 0 Å². The van der Waals surface area contributed by atoms with E-state index < -0.39 is 24.4 Å². The minimum Gasteiger partial charge on any atom is -0.394 e. The molecule has 0 radical (unpaired) electrons. The van der Waals surface area contributed by atoms with Crippen LogP contribution in [0.4, 0.5) is 0 Å². The third-order valence-electron chi connectivity index (χ3n) is 2.50. The molecule has 164 valence electrons. The van der Waals surface area contributed by atoms with E-state index >= 15 is 0 Å². The molecule has 0 saturated carbocycles. The molecule has 8 N–H and O–H groups in total. The normalized spacial score (nSPS) is 14.3. The average molecular weight is 392 g/mol. The van der Waals surface area contributed by atoms with E-state index in [-0.39, 0.29) is 39.6 Å². The predicted octanol–water partition coefficient (Wildman–Crippen LogP) is -2.53. The van der Waals surface area contributed by atoms with Gasteiger partial charge in [0.1, 0.15) is 12.2 Å². The summed E-state index contributed by atoms with van der Waals surface area (Å²) in [5.74, 6) is 0. The van der Waals surface area contributed by atoms with Gasteiger partial charge in [0.15, 0.2) is 0 Å². The lowest BCUT2D eigenvalue weighted by atomic mass is 10.3. The second kappa shape index (κ2) is 29.4. The van der Waals surface area contributed by atoms with E-state index in [2.05, 4.69) is 9.47 Å². The van der Waals surface area contributed by atoms with E-state index in [9.17, 15) is 0 Å². The van der Waals surface area contributed by atoms with Gasteiger partial charge in [0.05, 0.1) is 51.8 Å². The molecule has 0 aliphatic carbocycles. The molecule has 0 fully saturated rings. The minimum atomic E-state index is -0.718. The molecule has 0 aliphatic heterocycles. The van der Waals surface area contributed by atoms with Crippen LogP contribution in [0.1, 0.15) is 26.7 Å². The van der Waals surface area contributed by atoms with Gasteiger partial charge in [-0.1, -0.05) is 13.8 Å². The Bertz CT molecular complexity index is 191. The maximum absolute atomic E-state index is 8.48. The number of methoxy groups -OCH3 is 2. The van der Waals surface area contributed by atoms with E-state index in [0.29, 0.717) is 12.8 Å². The van der Waals surface area contributed by atoms with Crippen LogP contribution >= 0.6 is 0 Å². The standard InChI is InChI=1S/2C4H10O3.2C4H10O2/c2*1-7-3-4(6)2-5;2*1-2-4(6)3-5/h2*4-6H,2-3H2,1H3;2*4-6H,2-3H2,1H3. The van der Waals surface area contributed by atoms with Gasteiger partial charge in [-0.15, -0.1) is 0 Å². The summed E-state index contributed by atoms with van der Waals surface area (Å²) in [4.78, 5) is 0. The number of hydrogen-bond donors (Lipinski definition) is 8. The number of hydrogen-bond acceptors (Lipinski definition) is 10. The Hall–Kier alpha value is -0.400. The molecule has 26 heavy (non-hydrogen) atoms. The number of aliphatic hydroxyl groups excluding tert-OH is 8. The molecule has 4 unspecified atom stereocenters. The SMILES string of the molecule is CCC(O)CO.CCC(O)CO.COCC(O)CO.COCC(O)CO. The third-order valence-corrected chi connectivity index (χ3v) is 2.50. The van der Waals surface area contributed by atoms with Crippen LogP contribution in [0.2, 0.25) is 0 Å². The lowest BCUT2D eigenvalue weighted by molar-refractivity contribution is 0.0254. The van der Waals surface area contributed by atoms with Crippen LogP contribution in [0.5, 0.6) is 0 Å². The smallest absolute Gasteiger partial charge is 0.100 e. The first-order valence-electron chi connectivity index (χ1n) is 8.37. The summed E-state index contributed by atoms with van der Waals surface area (Å²) in [6.45, 7) is 3.36. The molecule has 0 aromatic rings. The van der Waals surface area contributed by atoms with Gasteiger partial charge in [0.2, 0.25) is 0 Å². The predicted molar refractivity (Wildman–Crippen MR) is 96.7 cm³/mol. The second-order valence-corrected chi connectivity index (χ2v) is 5.07. The van der Waals surface area contributed by atoms with Gasteiger partial charge in [-0.25, -0.2) is 0 Å². The Labute approximate surface area is 156 Å². The van der Waals surface area contributed by atoms with Crippen molar-refractivity contribution in [1.29, 1.82) is 0 Å². The van der Waals surface area contributed by atoms with E-state index in [1.165, 1.54) is 14.2 Å². The highest BCUT2D eigenvalue weighted by Crippen LogP contribution is 1.84. The zero-order valence-corrected chi connectivity index (χ0v) is 16.4. The van der Waals surface area contributed by atoms with Crippen molar-refractivity contribution in [2.75, 3.05) is 53.9 Å². The quantitative estimate of drug-likeness (QED) is 0.197. The topological polar surface area (TPSA) is 180 Å². The Morgan fingerprint density at radius 2 is 0.769 bits per heavy atom. The van der Waals surface area contributed by atoms with Crippen molar-refractivity contribution < 1.29 is 50.3 Å². The van der Waals surface area contributed by atoms with Crippen LogP contribution in [0.25, 0.3) is 0 Å². The van der Waals surface area contributed by atoms with Crippen LogP contribution in [0.15, 0.2) is 0 Å². The van der Waals surface area contributed by atoms with E-state index in [4.69, 9.17) is 40.9 Å². The number of ether oxygens (including phenoxy) is 2. The van der Waals surface area contributed by atoms with Gasteiger partial charge in [0, 0.05) is 14.2 Å². The average Bonchev–Trinajstić information content (AvgIpc) is 2.68. The molecule has 0 aliphatic rings. The number of rotatable bonds is 10. The van der Waals surface area contributed by atoms with Crippen molar-refractivity contribution in [3.05, 3.63) is 0 Å². The maximum atomic E-state index is 8.48. The highest BCUT2D eigenvalue weighted by atomic mass is 16.5. The van der Waals surface area contributed by atoms with Crippen molar-refractivity contribution in [3.63, 3.8) is 0 Å². The molecule has 0 bridgehead atoms. The van der Waals surface area contributed by atoms with Crippen LogP contribution in [-0.2, 0) is 9.47 Å². The summed E-state index contributed by atoms with van der Waals surface area (Å²) < 4.78 is 8.97. The highest BCUT2D eigenvalue weighted by Gasteiger charge is 1.97. The molecule has 0 amide bonds. The first kappa shape index (κ1) is 33.2. The summed E-state index contributed by atoms with van der Waals surface area (Å²) in [5, 5.41) is 66.2. The fourth-order valence-electron chi connectivity index (χ4n) is 0.748. The molecule has 4 atom stereocenters. The lowest BCUT2D eigenvalue weighted by Gasteiger charge is -2.01. The molecule has 0 aromatic carbocycles. The molecular formula is C16H40O10. The Balaban J connectivity index is -0.000000124. The number of aliphatic hydroxyl groups is 8. The largest absolute Gasteiger partial charge is 0.394 e. The Kier molecular flexibility index (Phi) is 37.5. The summed E-state index contributed by atoms with van der Waals surface area (Å²) in [5.41, 5.74) is 0. The van der Waals surface area contributed by atoms with Gasteiger partial charge < -0.3 is 50.3 Å². The van der Waals surface area contributed by atoms with Crippen LogP contribution in [-0.4, -0.2) is 119 Å². The van der Waals surface area contributed by atoms with Gasteiger partial charge >= 0.3 is 0 Å². The first-order chi connectivity index (χ1) is 12.2. The fraction of sp³-hybridized carbons (Fsp3) is 1.00. The minimum absolute atomic E-state index is 0.115. The van der Waals surface area contributed by atoms with Crippen molar-refractivity contribution in [2.24, 2.45) is 0 Å². The van der Waals surface area contributed by atoms with Crippen LogP contribution in [0, 0.1) is 0 Å². The molecule has 0 spiro atoms. The first-order valence-corrected chi connectivity index (χ1v) is 8.37. The van der Waals surface area contributed by atoms with Gasteiger partial charge in [-0.05, 0) is 12.8 Å². The molecular weight excluding hydrogens is 352 g/mol. The second-order valence-electron chi connectivity index (χ2n) is 5.07. The Morgan fingerprint density at radius 1 is 0.538 bits per heavy atom. The molecule has 10 nitrogen and oxygen atoms in total. The summed E-state index contributed by atoms with van der Waals surface area (Å²) >= 11 is 0. The fourth-order valence-corrected chi connectivity index (χ4v) is 0.748. The molecule has 0 heterocycles. The Morgan fingerprint density at radius 3 is 0.808 bits per heavy atom. The highest BCUT2D eigenvalue weighted by molar-refractivity contribution is 4.46. The third kappa shape index (κ3) is 38.9. The van der Waals surface area contributed by atoms with Crippen LogP contribution < -0.4 is 0 Å². The van der Waals surface area contributed by atoms with Gasteiger partial charge in [-0.3, -0.25) is 0 Å². The zero-order chi connectivity index (χ0) is 21.4. The van der Waals surface area contributed by atoms with E-state index in [1.807, 2.05) is 13.8 Å².